The summed E-state index contributed by atoms with van der Waals surface area (Å²) < 4.78 is 34.3. The molecule has 0 spiro atoms. The highest BCUT2D eigenvalue weighted by Crippen LogP contribution is 2.26. The standard InChI is InChI=1S/C14H16BrF2N3O/c1-2-21-7-3-5-20-6-4-18-14(20)19-13-8-10(15)11(16)9-12(13)17/h4,6,8-9H,2-3,5,7H2,1H3,(H,18,19). The molecule has 0 fully saturated rings. The van der Waals surface area contributed by atoms with Crippen molar-refractivity contribution in [1.29, 1.82) is 0 Å². The second-order valence-corrected chi connectivity index (χ2v) is 5.22. The van der Waals surface area contributed by atoms with E-state index < -0.39 is 11.6 Å². The number of aromatic nitrogens is 2. The van der Waals surface area contributed by atoms with Crippen LogP contribution in [0.15, 0.2) is 29.0 Å². The number of rotatable bonds is 7. The first-order valence-electron chi connectivity index (χ1n) is 6.62. The molecule has 0 unspecified atom stereocenters. The summed E-state index contributed by atoms with van der Waals surface area (Å²) in [4.78, 5) is 4.14. The Hall–Kier alpha value is -1.47. The Balaban J connectivity index is 2.06. The molecule has 2 aromatic rings. The van der Waals surface area contributed by atoms with Crippen LogP contribution in [0.1, 0.15) is 13.3 Å². The van der Waals surface area contributed by atoms with E-state index in [4.69, 9.17) is 4.74 Å². The maximum absolute atomic E-state index is 13.7. The van der Waals surface area contributed by atoms with Crippen LogP contribution in [0.2, 0.25) is 0 Å². The van der Waals surface area contributed by atoms with Gasteiger partial charge in [0, 0.05) is 38.2 Å². The summed E-state index contributed by atoms with van der Waals surface area (Å²) in [6.07, 6.45) is 4.25. The Morgan fingerprint density at radius 1 is 1.33 bits per heavy atom. The summed E-state index contributed by atoms with van der Waals surface area (Å²) in [5.74, 6) is -0.804. The molecule has 0 atom stereocenters. The molecular formula is C14H16BrF2N3O. The minimum atomic E-state index is -0.667. The predicted molar refractivity (Wildman–Crippen MR) is 80.7 cm³/mol. The van der Waals surface area contributed by atoms with Gasteiger partial charge >= 0.3 is 0 Å². The molecule has 0 radical (unpaired) electrons. The first-order valence-corrected chi connectivity index (χ1v) is 7.41. The van der Waals surface area contributed by atoms with Gasteiger partial charge in [-0.3, -0.25) is 0 Å². The van der Waals surface area contributed by atoms with Crippen LogP contribution in [0.25, 0.3) is 0 Å². The number of imidazole rings is 1. The van der Waals surface area contributed by atoms with E-state index in [1.807, 2.05) is 11.5 Å². The second-order valence-electron chi connectivity index (χ2n) is 4.37. The van der Waals surface area contributed by atoms with Crippen LogP contribution in [-0.2, 0) is 11.3 Å². The zero-order valence-electron chi connectivity index (χ0n) is 11.6. The fourth-order valence-corrected chi connectivity index (χ4v) is 2.18. The Kier molecular flexibility index (Phi) is 5.69. The van der Waals surface area contributed by atoms with Crippen LogP contribution in [0, 0.1) is 11.6 Å². The van der Waals surface area contributed by atoms with Crippen molar-refractivity contribution in [3.63, 3.8) is 0 Å². The molecule has 4 nitrogen and oxygen atoms in total. The molecule has 114 valence electrons. The largest absolute Gasteiger partial charge is 0.382 e. The second kappa shape index (κ2) is 7.51. The highest BCUT2D eigenvalue weighted by molar-refractivity contribution is 9.10. The lowest BCUT2D eigenvalue weighted by atomic mass is 10.3. The minimum Gasteiger partial charge on any atom is -0.382 e. The number of anilines is 2. The molecular weight excluding hydrogens is 344 g/mol. The molecule has 1 N–H and O–H groups in total. The van der Waals surface area contributed by atoms with Gasteiger partial charge in [-0.15, -0.1) is 0 Å². The van der Waals surface area contributed by atoms with Crippen molar-refractivity contribution in [1.82, 2.24) is 9.55 Å². The zero-order chi connectivity index (χ0) is 15.2. The van der Waals surface area contributed by atoms with E-state index in [0.717, 1.165) is 12.5 Å². The fourth-order valence-electron chi connectivity index (χ4n) is 1.83. The van der Waals surface area contributed by atoms with E-state index in [-0.39, 0.29) is 10.2 Å². The Bertz CT molecular complexity index is 604. The summed E-state index contributed by atoms with van der Waals surface area (Å²) in [6, 6.07) is 2.18. The molecule has 1 aromatic carbocycles. The quantitative estimate of drug-likeness (QED) is 0.597. The molecule has 1 aromatic heterocycles. The van der Waals surface area contributed by atoms with Gasteiger partial charge in [-0.25, -0.2) is 13.8 Å². The molecule has 7 heteroatoms. The smallest absolute Gasteiger partial charge is 0.207 e. The van der Waals surface area contributed by atoms with Gasteiger partial charge in [-0.1, -0.05) is 0 Å². The van der Waals surface area contributed by atoms with Gasteiger partial charge in [-0.2, -0.15) is 0 Å². The monoisotopic (exact) mass is 359 g/mol. The Labute approximate surface area is 130 Å². The van der Waals surface area contributed by atoms with Crippen molar-refractivity contribution in [2.75, 3.05) is 18.5 Å². The van der Waals surface area contributed by atoms with E-state index >= 15 is 0 Å². The molecule has 0 saturated carbocycles. The van der Waals surface area contributed by atoms with Crippen molar-refractivity contribution in [2.45, 2.75) is 19.9 Å². The van der Waals surface area contributed by atoms with E-state index in [9.17, 15) is 8.78 Å². The lowest BCUT2D eigenvalue weighted by Gasteiger charge is -2.11. The van der Waals surface area contributed by atoms with E-state index in [2.05, 4.69) is 26.2 Å². The maximum Gasteiger partial charge on any atom is 0.207 e. The fraction of sp³-hybridized carbons (Fsp3) is 0.357. The highest BCUT2D eigenvalue weighted by Gasteiger charge is 2.10. The average molecular weight is 360 g/mol. The topological polar surface area (TPSA) is 39.1 Å². The number of halogens is 3. The van der Waals surface area contributed by atoms with Gasteiger partial charge in [0.2, 0.25) is 5.95 Å². The van der Waals surface area contributed by atoms with E-state index in [0.29, 0.717) is 25.7 Å². The molecule has 0 aliphatic rings. The van der Waals surface area contributed by atoms with Crippen LogP contribution >= 0.6 is 15.9 Å². The summed E-state index contributed by atoms with van der Waals surface area (Å²) in [5.41, 5.74) is 0.167. The summed E-state index contributed by atoms with van der Waals surface area (Å²) in [6.45, 7) is 3.99. The molecule has 21 heavy (non-hydrogen) atoms. The third kappa shape index (κ3) is 4.25. The van der Waals surface area contributed by atoms with Gasteiger partial charge in [0.1, 0.15) is 11.6 Å². The SMILES string of the molecule is CCOCCCn1ccnc1Nc1cc(Br)c(F)cc1F. The van der Waals surface area contributed by atoms with Gasteiger partial charge in [0.05, 0.1) is 10.2 Å². The van der Waals surface area contributed by atoms with Gasteiger partial charge < -0.3 is 14.6 Å². The number of hydrogen-bond donors (Lipinski definition) is 1. The molecule has 0 amide bonds. The van der Waals surface area contributed by atoms with Crippen molar-refractivity contribution >= 4 is 27.6 Å². The van der Waals surface area contributed by atoms with Crippen LogP contribution < -0.4 is 5.32 Å². The summed E-state index contributed by atoms with van der Waals surface area (Å²) in [5, 5.41) is 2.87. The summed E-state index contributed by atoms with van der Waals surface area (Å²) in [7, 11) is 0. The number of nitrogens with zero attached hydrogens (tertiary/aromatic N) is 2. The number of ether oxygens (including phenoxy) is 1. The lowest BCUT2D eigenvalue weighted by molar-refractivity contribution is 0.142. The normalized spacial score (nSPS) is 10.9. The first kappa shape index (κ1) is 15.9. The molecule has 0 saturated heterocycles. The number of nitrogens with one attached hydrogen (secondary N) is 1. The molecule has 0 bridgehead atoms. The molecule has 2 rings (SSSR count). The zero-order valence-corrected chi connectivity index (χ0v) is 13.2. The van der Waals surface area contributed by atoms with E-state index in [1.54, 1.807) is 12.4 Å². The lowest BCUT2D eigenvalue weighted by Crippen LogP contribution is -2.07. The van der Waals surface area contributed by atoms with E-state index in [1.165, 1.54) is 6.07 Å². The molecule has 1 heterocycles. The van der Waals surface area contributed by atoms with Crippen LogP contribution in [0.5, 0.6) is 0 Å². The Morgan fingerprint density at radius 3 is 2.90 bits per heavy atom. The maximum atomic E-state index is 13.7. The predicted octanol–water partition coefficient (Wildman–Crippen LogP) is 4.09. The number of hydrogen-bond acceptors (Lipinski definition) is 3. The van der Waals surface area contributed by atoms with Gasteiger partial charge in [0.15, 0.2) is 0 Å². The van der Waals surface area contributed by atoms with Crippen LogP contribution in [0.4, 0.5) is 20.4 Å². The van der Waals surface area contributed by atoms with Crippen LogP contribution in [-0.4, -0.2) is 22.8 Å². The van der Waals surface area contributed by atoms with Crippen molar-refractivity contribution in [3.05, 3.63) is 40.6 Å². The number of aryl methyl sites for hydroxylation is 1. The van der Waals surface area contributed by atoms with Crippen molar-refractivity contribution in [3.8, 4) is 0 Å². The third-order valence-corrected chi connectivity index (χ3v) is 3.47. The third-order valence-electron chi connectivity index (χ3n) is 2.86. The minimum absolute atomic E-state index is 0.167. The first-order chi connectivity index (χ1) is 10.1. The van der Waals surface area contributed by atoms with Crippen molar-refractivity contribution < 1.29 is 13.5 Å². The average Bonchev–Trinajstić information content (AvgIpc) is 2.88. The molecule has 0 aliphatic carbocycles. The molecule has 0 aliphatic heterocycles. The number of benzene rings is 1. The van der Waals surface area contributed by atoms with Crippen molar-refractivity contribution in [2.24, 2.45) is 0 Å². The van der Waals surface area contributed by atoms with Crippen LogP contribution in [0.3, 0.4) is 0 Å². The van der Waals surface area contributed by atoms with Gasteiger partial charge in [-0.05, 0) is 35.3 Å². The highest BCUT2D eigenvalue weighted by atomic mass is 79.9. The van der Waals surface area contributed by atoms with Gasteiger partial charge in [0.25, 0.3) is 0 Å². The Morgan fingerprint density at radius 2 is 2.14 bits per heavy atom. The summed E-state index contributed by atoms with van der Waals surface area (Å²) >= 11 is 3.04.